The van der Waals surface area contributed by atoms with Crippen molar-refractivity contribution in [3.05, 3.63) is 69.5 Å². The first kappa shape index (κ1) is 15.0. The molecule has 2 aromatic rings. The van der Waals surface area contributed by atoms with Gasteiger partial charge in [0.1, 0.15) is 5.82 Å². The molecule has 0 heterocycles. The van der Waals surface area contributed by atoms with Gasteiger partial charge in [-0.05, 0) is 60.8 Å². The van der Waals surface area contributed by atoms with Crippen LogP contribution < -0.4 is 5.32 Å². The highest BCUT2D eigenvalue weighted by Gasteiger charge is 2.15. The molecule has 0 aliphatic heterocycles. The SMILES string of the molecule is CCNC(c1cc(C)cc(F)c1)c1ccc(Cl)c(C)c1. The van der Waals surface area contributed by atoms with Gasteiger partial charge in [-0.2, -0.15) is 0 Å². The summed E-state index contributed by atoms with van der Waals surface area (Å²) in [6.07, 6.45) is 0. The molecule has 0 saturated carbocycles. The first-order chi connectivity index (χ1) is 9.51. The van der Waals surface area contributed by atoms with Crippen molar-refractivity contribution in [2.75, 3.05) is 6.54 Å². The van der Waals surface area contributed by atoms with E-state index < -0.39 is 0 Å². The highest BCUT2D eigenvalue weighted by molar-refractivity contribution is 6.31. The second kappa shape index (κ2) is 6.38. The maximum absolute atomic E-state index is 13.6. The predicted octanol–water partition coefficient (Wildman–Crippen LogP) is 4.79. The van der Waals surface area contributed by atoms with Gasteiger partial charge in [-0.3, -0.25) is 0 Å². The van der Waals surface area contributed by atoms with Crippen LogP contribution in [0.25, 0.3) is 0 Å². The number of rotatable bonds is 4. The van der Waals surface area contributed by atoms with E-state index in [9.17, 15) is 4.39 Å². The molecule has 0 aliphatic carbocycles. The van der Waals surface area contributed by atoms with Crippen LogP contribution in [0.2, 0.25) is 5.02 Å². The lowest BCUT2D eigenvalue weighted by Gasteiger charge is -2.20. The van der Waals surface area contributed by atoms with E-state index in [1.165, 1.54) is 0 Å². The molecular formula is C17H19ClFN. The van der Waals surface area contributed by atoms with Crippen molar-refractivity contribution in [1.82, 2.24) is 5.32 Å². The van der Waals surface area contributed by atoms with Crippen LogP contribution in [-0.4, -0.2) is 6.54 Å². The second-order valence-electron chi connectivity index (χ2n) is 5.06. The number of hydrogen-bond acceptors (Lipinski definition) is 1. The van der Waals surface area contributed by atoms with Crippen molar-refractivity contribution in [2.45, 2.75) is 26.8 Å². The minimum Gasteiger partial charge on any atom is -0.307 e. The Morgan fingerprint density at radius 2 is 1.85 bits per heavy atom. The summed E-state index contributed by atoms with van der Waals surface area (Å²) < 4.78 is 13.6. The fraction of sp³-hybridized carbons (Fsp3) is 0.294. The van der Waals surface area contributed by atoms with Gasteiger partial charge < -0.3 is 5.32 Å². The molecule has 0 spiro atoms. The molecule has 2 aromatic carbocycles. The molecule has 0 amide bonds. The summed E-state index contributed by atoms with van der Waals surface area (Å²) in [6, 6.07) is 11.1. The molecule has 106 valence electrons. The van der Waals surface area contributed by atoms with Crippen LogP contribution in [0, 0.1) is 19.7 Å². The van der Waals surface area contributed by atoms with Crippen LogP contribution in [0.1, 0.15) is 35.2 Å². The Bertz CT molecular complexity index is 590. The van der Waals surface area contributed by atoms with Gasteiger partial charge in [0, 0.05) is 5.02 Å². The third-order valence-corrected chi connectivity index (χ3v) is 3.75. The summed E-state index contributed by atoms with van der Waals surface area (Å²) in [5.41, 5.74) is 3.98. The predicted molar refractivity (Wildman–Crippen MR) is 82.8 cm³/mol. The minimum absolute atomic E-state index is 0.0228. The van der Waals surface area contributed by atoms with E-state index in [4.69, 9.17) is 11.6 Å². The van der Waals surface area contributed by atoms with Gasteiger partial charge >= 0.3 is 0 Å². The molecule has 20 heavy (non-hydrogen) atoms. The van der Waals surface area contributed by atoms with Gasteiger partial charge in [-0.1, -0.05) is 36.7 Å². The lowest BCUT2D eigenvalue weighted by molar-refractivity contribution is 0.601. The van der Waals surface area contributed by atoms with E-state index in [2.05, 4.69) is 11.4 Å². The molecule has 1 atom stereocenters. The summed E-state index contributed by atoms with van der Waals surface area (Å²) in [5, 5.41) is 4.16. The molecule has 1 unspecified atom stereocenters. The first-order valence-corrected chi connectivity index (χ1v) is 7.15. The molecule has 0 bridgehead atoms. The molecule has 0 fully saturated rings. The normalized spacial score (nSPS) is 12.4. The lowest BCUT2D eigenvalue weighted by Crippen LogP contribution is -2.22. The summed E-state index contributed by atoms with van der Waals surface area (Å²) in [6.45, 7) is 6.73. The molecule has 0 aromatic heterocycles. The van der Waals surface area contributed by atoms with Crippen molar-refractivity contribution >= 4 is 11.6 Å². The second-order valence-corrected chi connectivity index (χ2v) is 5.47. The number of benzene rings is 2. The first-order valence-electron chi connectivity index (χ1n) is 6.77. The molecule has 1 nitrogen and oxygen atoms in total. The number of halogens is 2. The number of aryl methyl sites for hydroxylation is 2. The van der Waals surface area contributed by atoms with Gasteiger partial charge in [0.05, 0.1) is 6.04 Å². The average Bonchev–Trinajstić information content (AvgIpc) is 2.38. The minimum atomic E-state index is -0.200. The average molecular weight is 292 g/mol. The largest absolute Gasteiger partial charge is 0.307 e. The maximum atomic E-state index is 13.6. The van der Waals surface area contributed by atoms with Crippen LogP contribution in [0.4, 0.5) is 4.39 Å². The van der Waals surface area contributed by atoms with E-state index in [0.717, 1.165) is 33.8 Å². The Balaban J connectivity index is 2.46. The highest BCUT2D eigenvalue weighted by atomic mass is 35.5. The Morgan fingerprint density at radius 1 is 1.10 bits per heavy atom. The van der Waals surface area contributed by atoms with Crippen LogP contribution in [0.5, 0.6) is 0 Å². The molecule has 2 rings (SSSR count). The van der Waals surface area contributed by atoms with Gasteiger partial charge in [0.2, 0.25) is 0 Å². The fourth-order valence-electron chi connectivity index (χ4n) is 2.41. The standard InChI is InChI=1S/C17H19ClFN/c1-4-20-17(13-5-6-16(18)12(3)9-13)14-7-11(2)8-15(19)10-14/h5-10,17,20H,4H2,1-3H3. The van der Waals surface area contributed by atoms with E-state index in [1.807, 2.05) is 39.0 Å². The van der Waals surface area contributed by atoms with Crippen LogP contribution in [0.15, 0.2) is 36.4 Å². The molecular weight excluding hydrogens is 273 g/mol. The molecule has 1 N–H and O–H groups in total. The Morgan fingerprint density at radius 3 is 2.45 bits per heavy atom. The van der Waals surface area contributed by atoms with Gasteiger partial charge in [-0.25, -0.2) is 4.39 Å². The van der Waals surface area contributed by atoms with E-state index in [-0.39, 0.29) is 11.9 Å². The summed E-state index contributed by atoms with van der Waals surface area (Å²) in [7, 11) is 0. The number of hydrogen-bond donors (Lipinski definition) is 1. The topological polar surface area (TPSA) is 12.0 Å². The van der Waals surface area contributed by atoms with Crippen molar-refractivity contribution in [3.8, 4) is 0 Å². The van der Waals surface area contributed by atoms with Gasteiger partial charge in [0.25, 0.3) is 0 Å². The molecule has 0 aliphatic rings. The molecule has 0 radical (unpaired) electrons. The van der Waals surface area contributed by atoms with Crippen molar-refractivity contribution in [1.29, 1.82) is 0 Å². The lowest BCUT2D eigenvalue weighted by atomic mass is 9.96. The van der Waals surface area contributed by atoms with Crippen molar-refractivity contribution in [3.63, 3.8) is 0 Å². The summed E-state index contributed by atoms with van der Waals surface area (Å²) in [5.74, 6) is -0.200. The zero-order valence-corrected chi connectivity index (χ0v) is 12.8. The van der Waals surface area contributed by atoms with Crippen LogP contribution in [0.3, 0.4) is 0 Å². The zero-order valence-electron chi connectivity index (χ0n) is 12.0. The Labute approximate surface area is 124 Å². The molecule has 0 saturated heterocycles. The quantitative estimate of drug-likeness (QED) is 0.853. The van der Waals surface area contributed by atoms with E-state index in [1.54, 1.807) is 12.1 Å². The highest BCUT2D eigenvalue weighted by Crippen LogP contribution is 2.27. The third kappa shape index (κ3) is 3.38. The van der Waals surface area contributed by atoms with Gasteiger partial charge in [-0.15, -0.1) is 0 Å². The fourth-order valence-corrected chi connectivity index (χ4v) is 2.53. The zero-order chi connectivity index (χ0) is 14.7. The smallest absolute Gasteiger partial charge is 0.123 e. The summed E-state index contributed by atoms with van der Waals surface area (Å²) >= 11 is 6.08. The number of nitrogens with one attached hydrogen (secondary N) is 1. The van der Waals surface area contributed by atoms with Crippen LogP contribution in [-0.2, 0) is 0 Å². The van der Waals surface area contributed by atoms with Crippen molar-refractivity contribution in [2.24, 2.45) is 0 Å². The van der Waals surface area contributed by atoms with Crippen LogP contribution >= 0.6 is 11.6 Å². The maximum Gasteiger partial charge on any atom is 0.123 e. The molecule has 3 heteroatoms. The Hall–Kier alpha value is -1.38. The van der Waals surface area contributed by atoms with E-state index >= 15 is 0 Å². The van der Waals surface area contributed by atoms with E-state index in [0.29, 0.717) is 0 Å². The van der Waals surface area contributed by atoms with Crippen molar-refractivity contribution < 1.29 is 4.39 Å². The summed E-state index contributed by atoms with van der Waals surface area (Å²) in [4.78, 5) is 0. The monoisotopic (exact) mass is 291 g/mol. The Kier molecular flexibility index (Phi) is 4.79. The van der Waals surface area contributed by atoms with Gasteiger partial charge in [0.15, 0.2) is 0 Å². The third-order valence-electron chi connectivity index (χ3n) is 3.32.